The molecule has 4 rings (SSSR count). The van der Waals surface area contributed by atoms with Crippen molar-refractivity contribution in [2.24, 2.45) is 0 Å². The van der Waals surface area contributed by atoms with Gasteiger partial charge >= 0.3 is 0 Å². The van der Waals surface area contributed by atoms with Crippen molar-refractivity contribution in [1.29, 1.82) is 0 Å². The third kappa shape index (κ3) is 4.13. The van der Waals surface area contributed by atoms with Crippen LogP contribution in [0.3, 0.4) is 0 Å². The topological polar surface area (TPSA) is 48.7 Å². The van der Waals surface area contributed by atoms with Gasteiger partial charge < -0.3 is 13.9 Å². The minimum absolute atomic E-state index is 0.0607. The molecule has 0 radical (unpaired) electrons. The van der Waals surface area contributed by atoms with E-state index in [1.165, 1.54) is 0 Å². The Morgan fingerprint density at radius 3 is 2.40 bits per heavy atom. The smallest absolute Gasteiger partial charge is 0.200 e. The second-order valence-corrected chi connectivity index (χ2v) is 6.87. The summed E-state index contributed by atoms with van der Waals surface area (Å²) < 4.78 is 17.0. The van der Waals surface area contributed by atoms with Crippen LogP contribution in [0.2, 0.25) is 0 Å². The summed E-state index contributed by atoms with van der Waals surface area (Å²) in [7, 11) is 1.61. The van der Waals surface area contributed by atoms with E-state index >= 15 is 0 Å². The van der Waals surface area contributed by atoms with Crippen LogP contribution in [0, 0.1) is 6.92 Å². The first kappa shape index (κ1) is 19.5. The lowest BCUT2D eigenvalue weighted by atomic mass is 10.0. The molecule has 4 aromatic rings. The zero-order valence-corrected chi connectivity index (χ0v) is 16.9. The molecular weight excluding hydrogens is 376 g/mol. The van der Waals surface area contributed by atoms with E-state index in [1.807, 2.05) is 66.7 Å². The average Bonchev–Trinajstić information content (AvgIpc) is 2.78. The van der Waals surface area contributed by atoms with Gasteiger partial charge in [0.05, 0.1) is 18.1 Å². The molecule has 150 valence electrons. The van der Waals surface area contributed by atoms with E-state index in [1.54, 1.807) is 32.2 Å². The van der Waals surface area contributed by atoms with Gasteiger partial charge in [-0.15, -0.1) is 0 Å². The predicted molar refractivity (Wildman–Crippen MR) is 120 cm³/mol. The Kier molecular flexibility index (Phi) is 5.66. The van der Waals surface area contributed by atoms with Crippen molar-refractivity contribution < 1.29 is 13.9 Å². The minimum atomic E-state index is -0.0607. The Hall–Kier alpha value is -3.79. The lowest BCUT2D eigenvalue weighted by Crippen LogP contribution is -2.07. The normalized spacial score (nSPS) is 11.1. The molecule has 0 aliphatic carbocycles. The Bertz CT molecular complexity index is 1240. The summed E-state index contributed by atoms with van der Waals surface area (Å²) in [6, 6.07) is 22.7. The molecule has 0 atom stereocenters. The van der Waals surface area contributed by atoms with E-state index in [0.717, 1.165) is 16.9 Å². The zero-order valence-electron chi connectivity index (χ0n) is 16.9. The fraction of sp³-hybridized carbons (Fsp3) is 0.115. The highest BCUT2D eigenvalue weighted by Crippen LogP contribution is 2.27. The Labute approximate surface area is 175 Å². The lowest BCUT2D eigenvalue weighted by molar-refractivity contribution is 0.363. The summed E-state index contributed by atoms with van der Waals surface area (Å²) in [6.45, 7) is 2.23. The molecule has 0 unspecified atom stereocenters. The van der Waals surface area contributed by atoms with Crippen molar-refractivity contribution in [1.82, 2.24) is 0 Å². The van der Waals surface area contributed by atoms with Crippen LogP contribution in [-0.2, 0) is 0 Å². The lowest BCUT2D eigenvalue weighted by Gasteiger charge is -2.09. The molecule has 0 spiro atoms. The van der Waals surface area contributed by atoms with Crippen LogP contribution in [-0.4, -0.2) is 13.7 Å². The van der Waals surface area contributed by atoms with E-state index in [0.29, 0.717) is 34.6 Å². The minimum Gasteiger partial charge on any atom is -0.497 e. The van der Waals surface area contributed by atoms with Crippen LogP contribution in [0.4, 0.5) is 0 Å². The molecule has 0 bridgehead atoms. The summed E-state index contributed by atoms with van der Waals surface area (Å²) in [4.78, 5) is 13.1. The fourth-order valence-corrected chi connectivity index (χ4v) is 3.36. The molecule has 0 N–H and O–H groups in total. The van der Waals surface area contributed by atoms with Crippen molar-refractivity contribution >= 4 is 17.0 Å². The number of ether oxygens (including phenoxy) is 2. The first-order chi connectivity index (χ1) is 14.7. The van der Waals surface area contributed by atoms with Crippen LogP contribution in [0.15, 0.2) is 88.1 Å². The van der Waals surface area contributed by atoms with Crippen molar-refractivity contribution in [3.63, 3.8) is 0 Å². The summed E-state index contributed by atoms with van der Waals surface area (Å²) in [5, 5.41) is 0.526. The standard InChI is InChI=1S/C26H22O4/c1-18-25(20-10-12-21(28-2)13-11-20)26(27)23-15-14-22(17-24(23)30-18)29-16-6-9-19-7-4-3-5-8-19/h3-15,17H,16H2,1-2H3/b9-6+. The third-order valence-electron chi connectivity index (χ3n) is 4.87. The molecule has 1 aromatic heterocycles. The number of methoxy groups -OCH3 is 1. The van der Waals surface area contributed by atoms with Gasteiger partial charge in [-0.1, -0.05) is 48.5 Å². The van der Waals surface area contributed by atoms with Gasteiger partial charge in [-0.3, -0.25) is 4.79 Å². The van der Waals surface area contributed by atoms with E-state index < -0.39 is 0 Å². The maximum absolute atomic E-state index is 13.1. The molecule has 0 fully saturated rings. The Balaban J connectivity index is 1.57. The second kappa shape index (κ2) is 8.70. The van der Waals surface area contributed by atoms with Gasteiger partial charge in [-0.25, -0.2) is 0 Å². The van der Waals surface area contributed by atoms with E-state index in [9.17, 15) is 4.79 Å². The van der Waals surface area contributed by atoms with Crippen molar-refractivity contribution in [2.75, 3.05) is 13.7 Å². The van der Waals surface area contributed by atoms with E-state index in [4.69, 9.17) is 13.9 Å². The van der Waals surface area contributed by atoms with Crippen LogP contribution >= 0.6 is 0 Å². The molecule has 0 saturated heterocycles. The molecule has 4 nitrogen and oxygen atoms in total. The highest BCUT2D eigenvalue weighted by atomic mass is 16.5. The van der Waals surface area contributed by atoms with Gasteiger partial charge in [0.25, 0.3) is 0 Å². The largest absolute Gasteiger partial charge is 0.497 e. The number of aryl methyl sites for hydroxylation is 1. The van der Waals surface area contributed by atoms with Gasteiger partial charge in [-0.05, 0) is 48.4 Å². The van der Waals surface area contributed by atoms with E-state index in [2.05, 4.69) is 0 Å². The highest BCUT2D eigenvalue weighted by Gasteiger charge is 2.14. The molecule has 1 heterocycles. The van der Waals surface area contributed by atoms with Gasteiger partial charge in [0.15, 0.2) is 0 Å². The van der Waals surface area contributed by atoms with Crippen LogP contribution in [0.1, 0.15) is 11.3 Å². The van der Waals surface area contributed by atoms with E-state index in [-0.39, 0.29) is 5.43 Å². The van der Waals surface area contributed by atoms with Crippen LogP contribution in [0.5, 0.6) is 11.5 Å². The SMILES string of the molecule is COc1ccc(-c2c(C)oc3cc(OC/C=C/c4ccccc4)ccc3c2=O)cc1. The van der Waals surface area contributed by atoms with Gasteiger partial charge in [0, 0.05) is 6.07 Å². The first-order valence-electron chi connectivity index (χ1n) is 9.72. The number of rotatable bonds is 6. The Morgan fingerprint density at radius 2 is 1.67 bits per heavy atom. The van der Waals surface area contributed by atoms with Crippen LogP contribution in [0.25, 0.3) is 28.2 Å². The quantitative estimate of drug-likeness (QED) is 0.408. The molecular formula is C26H22O4. The summed E-state index contributed by atoms with van der Waals surface area (Å²) in [6.07, 6.45) is 3.96. The number of hydrogen-bond acceptors (Lipinski definition) is 4. The maximum atomic E-state index is 13.1. The molecule has 0 aliphatic rings. The molecule has 3 aromatic carbocycles. The summed E-state index contributed by atoms with van der Waals surface area (Å²) in [5.41, 5.74) is 2.93. The van der Waals surface area contributed by atoms with Crippen molar-refractivity contribution in [3.8, 4) is 22.6 Å². The van der Waals surface area contributed by atoms with Crippen molar-refractivity contribution in [3.05, 3.63) is 100 Å². The van der Waals surface area contributed by atoms with Gasteiger partial charge in [-0.2, -0.15) is 0 Å². The second-order valence-electron chi connectivity index (χ2n) is 6.87. The molecule has 0 aliphatic heterocycles. The number of hydrogen-bond donors (Lipinski definition) is 0. The Morgan fingerprint density at radius 1 is 0.933 bits per heavy atom. The van der Waals surface area contributed by atoms with Crippen molar-refractivity contribution in [2.45, 2.75) is 6.92 Å². The third-order valence-corrected chi connectivity index (χ3v) is 4.87. The average molecular weight is 398 g/mol. The summed E-state index contributed by atoms with van der Waals surface area (Å²) in [5.74, 6) is 1.96. The molecule has 4 heteroatoms. The molecule has 0 amide bonds. The number of benzene rings is 3. The zero-order chi connectivity index (χ0) is 20.9. The maximum Gasteiger partial charge on any atom is 0.200 e. The summed E-state index contributed by atoms with van der Waals surface area (Å²) >= 11 is 0. The highest BCUT2D eigenvalue weighted by molar-refractivity contribution is 5.83. The molecule has 0 saturated carbocycles. The molecule has 30 heavy (non-hydrogen) atoms. The van der Waals surface area contributed by atoms with Gasteiger partial charge in [0.2, 0.25) is 5.43 Å². The van der Waals surface area contributed by atoms with Crippen LogP contribution < -0.4 is 14.9 Å². The predicted octanol–water partition coefficient (Wildman–Crippen LogP) is 5.87. The number of fused-ring (bicyclic) bond motifs is 1. The monoisotopic (exact) mass is 398 g/mol. The first-order valence-corrected chi connectivity index (χ1v) is 9.72. The fourth-order valence-electron chi connectivity index (χ4n) is 3.36. The van der Waals surface area contributed by atoms with Gasteiger partial charge in [0.1, 0.15) is 29.4 Å².